The number of aromatic nitrogens is 3. The molecule has 0 atom stereocenters. The highest BCUT2D eigenvalue weighted by Gasteiger charge is 2.09. The zero-order chi connectivity index (χ0) is 17.6. The van der Waals surface area contributed by atoms with Crippen LogP contribution in [0.4, 0.5) is 11.6 Å². The van der Waals surface area contributed by atoms with E-state index in [2.05, 4.69) is 20.5 Å². The monoisotopic (exact) mass is 356 g/mol. The van der Waals surface area contributed by atoms with E-state index in [0.717, 1.165) is 11.3 Å². The van der Waals surface area contributed by atoms with E-state index in [-0.39, 0.29) is 23.2 Å². The molecule has 25 heavy (non-hydrogen) atoms. The van der Waals surface area contributed by atoms with Gasteiger partial charge in [-0.25, -0.2) is 4.79 Å². The van der Waals surface area contributed by atoms with Crippen molar-refractivity contribution in [3.05, 3.63) is 57.7 Å². The van der Waals surface area contributed by atoms with Crippen molar-refractivity contribution in [2.24, 2.45) is 0 Å². The van der Waals surface area contributed by atoms with Crippen molar-refractivity contribution in [1.82, 2.24) is 15.2 Å². The molecule has 2 N–H and O–H groups in total. The average Bonchev–Trinajstić information content (AvgIpc) is 3.15. The van der Waals surface area contributed by atoms with Crippen LogP contribution in [-0.4, -0.2) is 27.8 Å². The van der Waals surface area contributed by atoms with E-state index in [0.29, 0.717) is 17.9 Å². The topological polar surface area (TPSA) is 97.0 Å². The van der Waals surface area contributed by atoms with Gasteiger partial charge in [-0.05, 0) is 42.1 Å². The van der Waals surface area contributed by atoms with E-state index in [4.69, 9.17) is 4.74 Å². The average molecular weight is 356 g/mol. The minimum atomic E-state index is -0.359. The number of benzene rings is 1. The van der Waals surface area contributed by atoms with E-state index in [1.807, 2.05) is 24.4 Å². The van der Waals surface area contributed by atoms with Crippen LogP contribution in [0.3, 0.4) is 0 Å². The molecule has 0 aliphatic carbocycles. The molecule has 0 bridgehead atoms. The minimum absolute atomic E-state index is 0.228. The first-order valence-corrected chi connectivity index (χ1v) is 8.60. The molecule has 8 heteroatoms. The Labute approximate surface area is 147 Å². The Morgan fingerprint density at radius 2 is 2.04 bits per heavy atom. The largest absolute Gasteiger partial charge is 0.462 e. The predicted molar refractivity (Wildman–Crippen MR) is 96.3 cm³/mol. The van der Waals surface area contributed by atoms with Gasteiger partial charge in [0, 0.05) is 5.69 Å². The zero-order valence-electron chi connectivity index (χ0n) is 13.5. The number of hydrogen-bond donors (Lipinski definition) is 2. The number of esters is 1. The SMILES string of the molecule is CCCOC(=O)c1ccc(Nc2nnc(-c3cccs3)c(=O)[nH]2)cc1. The fraction of sp³-hybridized carbons (Fsp3) is 0.176. The molecule has 0 aliphatic heterocycles. The number of rotatable bonds is 6. The molecule has 2 aromatic heterocycles. The van der Waals surface area contributed by atoms with Crippen molar-refractivity contribution in [3.63, 3.8) is 0 Å². The van der Waals surface area contributed by atoms with Gasteiger partial charge < -0.3 is 10.1 Å². The summed E-state index contributed by atoms with van der Waals surface area (Å²) in [4.78, 5) is 27.3. The lowest BCUT2D eigenvalue weighted by Gasteiger charge is -2.07. The molecule has 0 spiro atoms. The van der Waals surface area contributed by atoms with Crippen molar-refractivity contribution in [2.75, 3.05) is 11.9 Å². The second-order valence-electron chi connectivity index (χ2n) is 5.17. The van der Waals surface area contributed by atoms with Gasteiger partial charge in [0.05, 0.1) is 17.0 Å². The van der Waals surface area contributed by atoms with E-state index in [1.54, 1.807) is 24.3 Å². The lowest BCUT2D eigenvalue weighted by atomic mass is 10.2. The first-order valence-electron chi connectivity index (χ1n) is 7.72. The van der Waals surface area contributed by atoms with Crippen LogP contribution in [0.1, 0.15) is 23.7 Å². The lowest BCUT2D eigenvalue weighted by molar-refractivity contribution is 0.0505. The molecular formula is C17H16N4O3S. The number of ether oxygens (including phenoxy) is 1. The van der Waals surface area contributed by atoms with Crippen LogP contribution in [0.5, 0.6) is 0 Å². The van der Waals surface area contributed by atoms with Gasteiger partial charge in [-0.3, -0.25) is 9.78 Å². The Bertz CT molecular complexity index is 904. The molecule has 0 saturated heterocycles. The van der Waals surface area contributed by atoms with Crippen molar-refractivity contribution < 1.29 is 9.53 Å². The summed E-state index contributed by atoms with van der Waals surface area (Å²) in [5.74, 6) is -0.131. The zero-order valence-corrected chi connectivity index (χ0v) is 14.3. The van der Waals surface area contributed by atoms with Crippen molar-refractivity contribution in [2.45, 2.75) is 13.3 Å². The second kappa shape index (κ2) is 7.71. The van der Waals surface area contributed by atoms with Crippen LogP contribution in [0.25, 0.3) is 10.6 Å². The molecular weight excluding hydrogens is 340 g/mol. The molecule has 3 rings (SSSR count). The molecule has 0 radical (unpaired) electrons. The Morgan fingerprint density at radius 1 is 1.24 bits per heavy atom. The predicted octanol–water partition coefficient (Wildman–Crippen LogP) is 3.20. The Balaban J connectivity index is 1.71. The molecule has 0 saturated carbocycles. The van der Waals surface area contributed by atoms with Gasteiger partial charge >= 0.3 is 5.97 Å². The highest BCUT2D eigenvalue weighted by molar-refractivity contribution is 7.13. The summed E-state index contributed by atoms with van der Waals surface area (Å²) in [5, 5.41) is 12.8. The van der Waals surface area contributed by atoms with Gasteiger partial charge in [-0.1, -0.05) is 13.0 Å². The van der Waals surface area contributed by atoms with Gasteiger partial charge in [0.1, 0.15) is 0 Å². The van der Waals surface area contributed by atoms with Crippen LogP contribution in [0, 0.1) is 0 Å². The normalized spacial score (nSPS) is 10.4. The number of hydrogen-bond acceptors (Lipinski definition) is 7. The first kappa shape index (κ1) is 16.8. The standard InChI is InChI=1S/C17H16N4O3S/c1-2-9-24-16(23)11-5-7-12(8-6-11)18-17-19-15(22)14(20-21-17)13-4-3-10-25-13/h3-8,10H,2,9H2,1H3,(H2,18,19,21,22). The maximum Gasteiger partial charge on any atom is 0.338 e. The number of aromatic amines is 1. The Hall–Kier alpha value is -3.00. The van der Waals surface area contributed by atoms with Gasteiger partial charge in [-0.2, -0.15) is 0 Å². The van der Waals surface area contributed by atoms with Crippen LogP contribution >= 0.6 is 11.3 Å². The molecule has 0 amide bonds. The summed E-state index contributed by atoms with van der Waals surface area (Å²) < 4.78 is 5.07. The van der Waals surface area contributed by atoms with Crippen molar-refractivity contribution in [1.29, 1.82) is 0 Å². The number of anilines is 2. The van der Waals surface area contributed by atoms with E-state index in [9.17, 15) is 9.59 Å². The quantitative estimate of drug-likeness (QED) is 0.658. The molecule has 3 aromatic rings. The number of nitrogens with one attached hydrogen (secondary N) is 2. The summed E-state index contributed by atoms with van der Waals surface area (Å²) in [5.41, 5.74) is 1.10. The van der Waals surface area contributed by atoms with Crippen LogP contribution < -0.4 is 10.9 Å². The number of thiophene rings is 1. The summed E-state index contributed by atoms with van der Waals surface area (Å²) in [7, 11) is 0. The smallest absolute Gasteiger partial charge is 0.338 e. The molecule has 0 unspecified atom stereocenters. The Morgan fingerprint density at radius 3 is 2.68 bits per heavy atom. The summed E-state index contributed by atoms with van der Waals surface area (Å²) >= 11 is 1.42. The molecule has 128 valence electrons. The van der Waals surface area contributed by atoms with E-state index in [1.165, 1.54) is 11.3 Å². The van der Waals surface area contributed by atoms with E-state index < -0.39 is 0 Å². The Kier molecular flexibility index (Phi) is 5.20. The number of nitrogens with zero attached hydrogens (tertiary/aromatic N) is 2. The van der Waals surface area contributed by atoms with Crippen LogP contribution in [0.2, 0.25) is 0 Å². The molecule has 1 aromatic carbocycles. The lowest BCUT2D eigenvalue weighted by Crippen LogP contribution is -2.15. The fourth-order valence-corrected chi connectivity index (χ4v) is 2.78. The summed E-state index contributed by atoms with van der Waals surface area (Å²) in [6.07, 6.45) is 0.777. The van der Waals surface area contributed by atoms with Crippen molar-refractivity contribution >= 4 is 28.9 Å². The summed E-state index contributed by atoms with van der Waals surface area (Å²) in [6, 6.07) is 10.4. The first-order chi connectivity index (χ1) is 12.2. The maximum absolute atomic E-state index is 12.1. The molecule has 7 nitrogen and oxygen atoms in total. The fourth-order valence-electron chi connectivity index (χ4n) is 2.07. The maximum atomic E-state index is 12.1. The van der Waals surface area contributed by atoms with Gasteiger partial charge in [0.15, 0.2) is 5.69 Å². The van der Waals surface area contributed by atoms with E-state index >= 15 is 0 Å². The highest BCUT2D eigenvalue weighted by atomic mass is 32.1. The molecule has 0 fully saturated rings. The second-order valence-corrected chi connectivity index (χ2v) is 6.11. The molecule has 2 heterocycles. The van der Waals surface area contributed by atoms with Crippen LogP contribution in [-0.2, 0) is 4.74 Å². The highest BCUT2D eigenvalue weighted by Crippen LogP contribution is 2.19. The van der Waals surface area contributed by atoms with Gasteiger partial charge in [0.25, 0.3) is 5.56 Å². The number of H-pyrrole nitrogens is 1. The minimum Gasteiger partial charge on any atom is -0.462 e. The third-order valence-corrected chi connectivity index (χ3v) is 4.15. The van der Waals surface area contributed by atoms with Gasteiger partial charge in [-0.15, -0.1) is 21.5 Å². The third-order valence-electron chi connectivity index (χ3n) is 3.27. The van der Waals surface area contributed by atoms with Gasteiger partial charge in [0.2, 0.25) is 5.95 Å². The van der Waals surface area contributed by atoms with Crippen LogP contribution in [0.15, 0.2) is 46.6 Å². The number of carbonyl (C=O) groups is 1. The summed E-state index contributed by atoms with van der Waals surface area (Å²) in [6.45, 7) is 2.33. The molecule has 0 aliphatic rings. The van der Waals surface area contributed by atoms with Crippen molar-refractivity contribution in [3.8, 4) is 10.6 Å². The third kappa shape index (κ3) is 4.10. The number of carbonyl (C=O) groups excluding carboxylic acids is 1.